The summed E-state index contributed by atoms with van der Waals surface area (Å²) in [5.74, 6) is 0.983. The summed E-state index contributed by atoms with van der Waals surface area (Å²) in [5, 5.41) is 10.1. The Morgan fingerprint density at radius 2 is 1.02 bits per heavy atom. The van der Waals surface area contributed by atoms with E-state index >= 15 is 0 Å². The SMILES string of the molecule is Cc1nc2ccccc2n1-c1cccc(-c2c3ccccc3c(-c3cc4ccccc4c4ccccc34)c3ccccc23)c1. The summed E-state index contributed by atoms with van der Waals surface area (Å²) < 4.78 is 2.26. The molecule has 44 heavy (non-hydrogen) atoms. The van der Waals surface area contributed by atoms with Gasteiger partial charge in [-0.25, -0.2) is 4.98 Å². The van der Waals surface area contributed by atoms with Crippen LogP contribution in [0, 0.1) is 6.92 Å². The first-order valence-electron chi connectivity index (χ1n) is 15.2. The number of imidazole rings is 1. The zero-order valence-electron chi connectivity index (χ0n) is 24.3. The summed E-state index contributed by atoms with van der Waals surface area (Å²) >= 11 is 0. The molecule has 1 heterocycles. The van der Waals surface area contributed by atoms with Crippen LogP contribution in [0.4, 0.5) is 0 Å². The van der Waals surface area contributed by atoms with Gasteiger partial charge in [0.15, 0.2) is 0 Å². The Kier molecular flexibility index (Phi) is 5.45. The average molecular weight is 561 g/mol. The summed E-state index contributed by atoms with van der Waals surface area (Å²) in [6, 6.07) is 55.1. The molecule has 0 bridgehead atoms. The van der Waals surface area contributed by atoms with Crippen LogP contribution in [0.5, 0.6) is 0 Å². The van der Waals surface area contributed by atoms with E-state index in [0.717, 1.165) is 22.5 Å². The number of aryl methyl sites for hydroxylation is 1. The van der Waals surface area contributed by atoms with E-state index in [2.05, 4.69) is 157 Å². The van der Waals surface area contributed by atoms with Crippen molar-refractivity contribution in [3.63, 3.8) is 0 Å². The molecule has 0 saturated heterocycles. The van der Waals surface area contributed by atoms with Crippen molar-refractivity contribution in [2.24, 2.45) is 0 Å². The average Bonchev–Trinajstić information content (AvgIpc) is 3.42. The monoisotopic (exact) mass is 560 g/mol. The van der Waals surface area contributed by atoms with Gasteiger partial charge in [-0.05, 0) is 103 Å². The van der Waals surface area contributed by atoms with Gasteiger partial charge in [-0.2, -0.15) is 0 Å². The molecule has 9 aromatic rings. The first kappa shape index (κ1) is 24.8. The van der Waals surface area contributed by atoms with Crippen LogP contribution < -0.4 is 0 Å². The van der Waals surface area contributed by atoms with Crippen LogP contribution in [-0.4, -0.2) is 9.55 Å². The van der Waals surface area contributed by atoms with Crippen molar-refractivity contribution in [3.05, 3.63) is 157 Å². The van der Waals surface area contributed by atoms with Gasteiger partial charge in [0.05, 0.1) is 11.0 Å². The lowest BCUT2D eigenvalue weighted by Gasteiger charge is -2.20. The maximum absolute atomic E-state index is 4.85. The molecule has 206 valence electrons. The fraction of sp³-hybridized carbons (Fsp3) is 0.0238. The third-order valence-electron chi connectivity index (χ3n) is 9.09. The smallest absolute Gasteiger partial charge is 0.111 e. The van der Waals surface area contributed by atoms with E-state index in [1.54, 1.807) is 0 Å². The summed E-state index contributed by atoms with van der Waals surface area (Å²) in [6.45, 7) is 2.08. The predicted octanol–water partition coefficient (Wildman–Crippen LogP) is 11.3. The van der Waals surface area contributed by atoms with Gasteiger partial charge in [0.2, 0.25) is 0 Å². The van der Waals surface area contributed by atoms with Gasteiger partial charge in [-0.1, -0.05) is 121 Å². The molecule has 0 unspecified atom stereocenters. The molecule has 9 rings (SSSR count). The number of aromatic nitrogens is 2. The molecule has 0 N–H and O–H groups in total. The Hall–Kier alpha value is -5.73. The second-order valence-corrected chi connectivity index (χ2v) is 11.6. The van der Waals surface area contributed by atoms with E-state index in [-0.39, 0.29) is 0 Å². The molecule has 0 aliphatic rings. The van der Waals surface area contributed by atoms with Crippen molar-refractivity contribution < 1.29 is 0 Å². The lowest BCUT2D eigenvalue weighted by Crippen LogP contribution is -1.97. The van der Waals surface area contributed by atoms with Crippen molar-refractivity contribution >= 4 is 54.1 Å². The Bertz CT molecular complexity index is 2510. The predicted molar refractivity (Wildman–Crippen MR) is 187 cm³/mol. The minimum atomic E-state index is 0.983. The quantitative estimate of drug-likeness (QED) is 0.155. The van der Waals surface area contributed by atoms with Crippen molar-refractivity contribution in [3.8, 4) is 27.9 Å². The third kappa shape index (κ3) is 3.64. The van der Waals surface area contributed by atoms with Crippen molar-refractivity contribution in [2.45, 2.75) is 6.92 Å². The lowest BCUT2D eigenvalue weighted by atomic mass is 9.84. The summed E-state index contributed by atoms with van der Waals surface area (Å²) in [6.07, 6.45) is 0. The number of hydrogen-bond donors (Lipinski definition) is 0. The number of fused-ring (bicyclic) bond motifs is 6. The van der Waals surface area contributed by atoms with Crippen LogP contribution in [-0.2, 0) is 0 Å². The van der Waals surface area contributed by atoms with Crippen molar-refractivity contribution in [1.82, 2.24) is 9.55 Å². The molecule has 0 aliphatic carbocycles. The van der Waals surface area contributed by atoms with Gasteiger partial charge in [0, 0.05) is 5.69 Å². The summed E-state index contributed by atoms with van der Waals surface area (Å²) in [5.41, 5.74) is 8.26. The first-order valence-corrected chi connectivity index (χ1v) is 15.2. The maximum atomic E-state index is 4.85. The zero-order chi connectivity index (χ0) is 29.2. The molecular weight excluding hydrogens is 532 g/mol. The first-order chi connectivity index (χ1) is 21.8. The second kappa shape index (κ2) is 9.65. The molecule has 0 radical (unpaired) electrons. The molecule has 2 heteroatoms. The van der Waals surface area contributed by atoms with E-state index in [4.69, 9.17) is 4.98 Å². The highest BCUT2D eigenvalue weighted by atomic mass is 15.1. The Labute approximate surface area is 255 Å². The lowest BCUT2D eigenvalue weighted by molar-refractivity contribution is 1.00. The van der Waals surface area contributed by atoms with Crippen LogP contribution >= 0.6 is 0 Å². The molecule has 0 spiro atoms. The fourth-order valence-corrected chi connectivity index (χ4v) is 7.26. The second-order valence-electron chi connectivity index (χ2n) is 11.6. The Morgan fingerprint density at radius 3 is 1.75 bits per heavy atom. The van der Waals surface area contributed by atoms with Gasteiger partial charge in [0.1, 0.15) is 5.82 Å². The van der Waals surface area contributed by atoms with Crippen LogP contribution in [0.1, 0.15) is 5.82 Å². The standard InChI is InChI=1S/C42H28N2/c1-27-43-39-23-10-11-24-40(39)44(27)30-15-12-14-29(25-30)41-34-19-6-8-21-36(34)42(37-22-9-7-20-35(37)41)38-26-28-13-2-3-16-31(28)32-17-4-5-18-33(32)38/h2-26H,1H3. The topological polar surface area (TPSA) is 17.8 Å². The molecule has 2 nitrogen and oxygen atoms in total. The minimum absolute atomic E-state index is 0.983. The highest BCUT2D eigenvalue weighted by molar-refractivity contribution is 6.25. The number of hydrogen-bond acceptors (Lipinski definition) is 1. The number of rotatable bonds is 3. The summed E-state index contributed by atoms with van der Waals surface area (Å²) in [7, 11) is 0. The van der Waals surface area contributed by atoms with E-state index in [1.165, 1.54) is 65.3 Å². The highest BCUT2D eigenvalue weighted by Gasteiger charge is 2.19. The molecule has 0 amide bonds. The number of benzene rings is 8. The van der Waals surface area contributed by atoms with Gasteiger partial charge in [-0.3, -0.25) is 4.57 Å². The largest absolute Gasteiger partial charge is 0.297 e. The van der Waals surface area contributed by atoms with Gasteiger partial charge in [-0.15, -0.1) is 0 Å². The van der Waals surface area contributed by atoms with Crippen LogP contribution in [0.3, 0.4) is 0 Å². The maximum Gasteiger partial charge on any atom is 0.111 e. The third-order valence-corrected chi connectivity index (χ3v) is 9.09. The van der Waals surface area contributed by atoms with E-state index in [9.17, 15) is 0 Å². The summed E-state index contributed by atoms with van der Waals surface area (Å²) in [4.78, 5) is 4.85. The van der Waals surface area contributed by atoms with Crippen molar-refractivity contribution in [1.29, 1.82) is 0 Å². The van der Waals surface area contributed by atoms with E-state index in [0.29, 0.717) is 0 Å². The highest BCUT2D eigenvalue weighted by Crippen LogP contribution is 2.46. The van der Waals surface area contributed by atoms with Crippen molar-refractivity contribution in [2.75, 3.05) is 0 Å². The molecule has 0 fully saturated rings. The van der Waals surface area contributed by atoms with Crippen LogP contribution in [0.2, 0.25) is 0 Å². The fourth-order valence-electron chi connectivity index (χ4n) is 7.26. The number of nitrogens with zero attached hydrogens (tertiary/aromatic N) is 2. The normalized spacial score (nSPS) is 11.8. The van der Waals surface area contributed by atoms with E-state index < -0.39 is 0 Å². The van der Waals surface area contributed by atoms with Gasteiger partial charge < -0.3 is 0 Å². The number of para-hydroxylation sites is 2. The molecule has 0 atom stereocenters. The van der Waals surface area contributed by atoms with Crippen LogP contribution in [0.25, 0.3) is 82.1 Å². The van der Waals surface area contributed by atoms with E-state index in [1.807, 2.05) is 6.07 Å². The molecule has 8 aromatic carbocycles. The van der Waals surface area contributed by atoms with Gasteiger partial charge >= 0.3 is 0 Å². The minimum Gasteiger partial charge on any atom is -0.297 e. The Balaban J connectivity index is 1.38. The molecule has 0 aliphatic heterocycles. The molecule has 1 aromatic heterocycles. The zero-order valence-corrected chi connectivity index (χ0v) is 24.3. The molecule has 0 saturated carbocycles. The Morgan fingerprint density at radius 1 is 0.455 bits per heavy atom. The van der Waals surface area contributed by atoms with Crippen LogP contribution in [0.15, 0.2) is 152 Å². The molecular formula is C42H28N2. The van der Waals surface area contributed by atoms with Gasteiger partial charge in [0.25, 0.3) is 0 Å².